The van der Waals surface area contributed by atoms with Crippen LogP contribution >= 0.6 is 0 Å². The molecule has 5 heteroatoms. The first-order valence-electron chi connectivity index (χ1n) is 5.18. The number of hydrogen-bond donors (Lipinski definition) is 1. The zero-order valence-corrected chi connectivity index (χ0v) is 9.10. The number of piperazine rings is 1. The Labute approximate surface area is 89.1 Å². The molecule has 0 radical (unpaired) electrons. The first kappa shape index (κ1) is 10.2. The van der Waals surface area contributed by atoms with Gasteiger partial charge in [-0.3, -0.25) is 4.79 Å². The molecule has 15 heavy (non-hydrogen) atoms. The fourth-order valence-electron chi connectivity index (χ4n) is 1.81. The fourth-order valence-corrected chi connectivity index (χ4v) is 1.81. The molecule has 0 unspecified atom stereocenters. The fraction of sp³-hybridized carbons (Fsp3) is 0.600. The minimum atomic E-state index is 0.0320. The molecule has 5 nitrogen and oxygen atoms in total. The van der Waals surface area contributed by atoms with Crippen LogP contribution < -0.4 is 5.32 Å². The highest BCUT2D eigenvalue weighted by Gasteiger charge is 2.25. The monoisotopic (exact) mass is 208 g/mol. The average molecular weight is 208 g/mol. The Kier molecular flexibility index (Phi) is 2.73. The topological polar surface area (TPSA) is 50.2 Å². The molecule has 1 aromatic heterocycles. The van der Waals surface area contributed by atoms with Crippen molar-refractivity contribution in [2.75, 3.05) is 19.6 Å². The second-order valence-corrected chi connectivity index (χ2v) is 3.98. The zero-order valence-electron chi connectivity index (χ0n) is 9.10. The Morgan fingerprint density at radius 1 is 1.67 bits per heavy atom. The number of nitrogens with one attached hydrogen (secondary N) is 1. The first-order valence-corrected chi connectivity index (χ1v) is 5.18. The van der Waals surface area contributed by atoms with Crippen molar-refractivity contribution in [1.82, 2.24) is 19.8 Å². The van der Waals surface area contributed by atoms with Crippen LogP contribution in [0.25, 0.3) is 0 Å². The smallest absolute Gasteiger partial charge is 0.274 e. The predicted octanol–water partition coefficient (Wildman–Crippen LogP) is -0.146. The summed E-state index contributed by atoms with van der Waals surface area (Å²) in [6.07, 6.45) is 3.41. The van der Waals surface area contributed by atoms with Gasteiger partial charge in [0.25, 0.3) is 5.91 Å². The standard InChI is InChI=1S/C10H16N4O/c1-8-5-11-3-4-14(8)10(15)9-6-13(2)7-12-9/h6-8,11H,3-5H2,1-2H3/t8-/m1/s1. The van der Waals surface area contributed by atoms with Crippen LogP contribution in [-0.2, 0) is 7.05 Å². The molecule has 1 N–H and O–H groups in total. The maximum Gasteiger partial charge on any atom is 0.274 e. The summed E-state index contributed by atoms with van der Waals surface area (Å²) >= 11 is 0. The first-order chi connectivity index (χ1) is 7.18. The quantitative estimate of drug-likeness (QED) is 0.698. The van der Waals surface area contributed by atoms with E-state index in [0.717, 1.165) is 19.6 Å². The van der Waals surface area contributed by atoms with Crippen LogP contribution in [0.3, 0.4) is 0 Å². The Morgan fingerprint density at radius 2 is 2.47 bits per heavy atom. The van der Waals surface area contributed by atoms with E-state index in [-0.39, 0.29) is 11.9 Å². The second-order valence-electron chi connectivity index (χ2n) is 3.98. The van der Waals surface area contributed by atoms with Gasteiger partial charge in [0.05, 0.1) is 6.33 Å². The molecule has 0 aromatic carbocycles. The lowest BCUT2D eigenvalue weighted by molar-refractivity contribution is 0.0650. The SMILES string of the molecule is C[C@@H]1CNCCN1C(=O)c1cn(C)cn1. The van der Waals surface area contributed by atoms with Gasteiger partial charge in [-0.1, -0.05) is 0 Å². The molecule has 1 aliphatic rings. The highest BCUT2D eigenvalue weighted by atomic mass is 16.2. The van der Waals surface area contributed by atoms with Crippen LogP contribution in [-0.4, -0.2) is 46.0 Å². The third kappa shape index (κ3) is 2.02. The molecule has 1 fully saturated rings. The molecule has 0 spiro atoms. The molecule has 1 aromatic rings. The van der Waals surface area contributed by atoms with Gasteiger partial charge in [0.15, 0.2) is 0 Å². The molecule has 1 saturated heterocycles. The molecule has 2 heterocycles. The summed E-state index contributed by atoms with van der Waals surface area (Å²) in [4.78, 5) is 18.0. The van der Waals surface area contributed by atoms with Crippen molar-refractivity contribution in [1.29, 1.82) is 0 Å². The Bertz CT molecular complexity index is 360. The van der Waals surface area contributed by atoms with Crippen molar-refractivity contribution in [2.24, 2.45) is 7.05 Å². The van der Waals surface area contributed by atoms with E-state index in [1.54, 1.807) is 17.1 Å². The molecular formula is C10H16N4O. The molecular weight excluding hydrogens is 192 g/mol. The molecule has 82 valence electrons. The van der Waals surface area contributed by atoms with Gasteiger partial charge in [-0.05, 0) is 6.92 Å². The molecule has 0 saturated carbocycles. The minimum Gasteiger partial charge on any atom is -0.340 e. The lowest BCUT2D eigenvalue weighted by Crippen LogP contribution is -2.52. The Morgan fingerprint density at radius 3 is 3.07 bits per heavy atom. The van der Waals surface area contributed by atoms with Crippen molar-refractivity contribution in [2.45, 2.75) is 13.0 Å². The van der Waals surface area contributed by atoms with Crippen molar-refractivity contribution in [3.8, 4) is 0 Å². The lowest BCUT2D eigenvalue weighted by Gasteiger charge is -2.33. The van der Waals surface area contributed by atoms with E-state index in [2.05, 4.69) is 10.3 Å². The van der Waals surface area contributed by atoms with Gasteiger partial charge in [0, 0.05) is 38.9 Å². The number of aromatic nitrogens is 2. The lowest BCUT2D eigenvalue weighted by atomic mass is 10.2. The van der Waals surface area contributed by atoms with Crippen LogP contribution in [0.15, 0.2) is 12.5 Å². The van der Waals surface area contributed by atoms with Crippen molar-refractivity contribution >= 4 is 5.91 Å². The van der Waals surface area contributed by atoms with Gasteiger partial charge in [-0.25, -0.2) is 4.98 Å². The summed E-state index contributed by atoms with van der Waals surface area (Å²) in [6, 6.07) is 0.244. The molecule has 2 rings (SSSR count). The van der Waals surface area contributed by atoms with E-state index in [1.807, 2.05) is 18.9 Å². The van der Waals surface area contributed by atoms with E-state index in [9.17, 15) is 4.79 Å². The average Bonchev–Trinajstić information content (AvgIpc) is 2.65. The third-order valence-corrected chi connectivity index (χ3v) is 2.69. The van der Waals surface area contributed by atoms with E-state index in [0.29, 0.717) is 5.69 Å². The minimum absolute atomic E-state index is 0.0320. The molecule has 1 amide bonds. The van der Waals surface area contributed by atoms with Crippen LogP contribution in [0.1, 0.15) is 17.4 Å². The molecule has 1 aliphatic heterocycles. The number of carbonyl (C=O) groups excluding carboxylic acids is 1. The third-order valence-electron chi connectivity index (χ3n) is 2.69. The summed E-state index contributed by atoms with van der Waals surface area (Å²) in [7, 11) is 1.87. The number of aryl methyl sites for hydroxylation is 1. The highest BCUT2D eigenvalue weighted by molar-refractivity contribution is 5.92. The van der Waals surface area contributed by atoms with E-state index < -0.39 is 0 Å². The summed E-state index contributed by atoms with van der Waals surface area (Å²) in [6.45, 7) is 4.53. The van der Waals surface area contributed by atoms with Crippen LogP contribution in [0.5, 0.6) is 0 Å². The number of carbonyl (C=O) groups is 1. The number of nitrogens with zero attached hydrogens (tertiary/aromatic N) is 3. The molecule has 1 atom stereocenters. The second kappa shape index (κ2) is 4.02. The maximum atomic E-state index is 12.0. The normalized spacial score (nSPS) is 21.7. The number of hydrogen-bond acceptors (Lipinski definition) is 3. The largest absolute Gasteiger partial charge is 0.340 e. The van der Waals surface area contributed by atoms with Crippen molar-refractivity contribution in [3.63, 3.8) is 0 Å². The summed E-state index contributed by atoms with van der Waals surface area (Å²) in [5.41, 5.74) is 0.534. The zero-order chi connectivity index (χ0) is 10.8. The number of amides is 1. The van der Waals surface area contributed by atoms with Gasteiger partial charge in [0.2, 0.25) is 0 Å². The summed E-state index contributed by atoms with van der Waals surface area (Å²) in [5, 5.41) is 3.26. The van der Waals surface area contributed by atoms with Gasteiger partial charge in [0.1, 0.15) is 5.69 Å². The molecule has 0 aliphatic carbocycles. The van der Waals surface area contributed by atoms with Gasteiger partial charge in [-0.2, -0.15) is 0 Å². The van der Waals surface area contributed by atoms with Crippen molar-refractivity contribution < 1.29 is 4.79 Å². The van der Waals surface area contributed by atoms with Gasteiger partial charge in [-0.15, -0.1) is 0 Å². The van der Waals surface area contributed by atoms with Gasteiger partial charge < -0.3 is 14.8 Å². The molecule has 0 bridgehead atoms. The predicted molar refractivity (Wildman–Crippen MR) is 56.6 cm³/mol. The highest BCUT2D eigenvalue weighted by Crippen LogP contribution is 2.08. The Balaban J connectivity index is 2.13. The summed E-state index contributed by atoms with van der Waals surface area (Å²) in [5.74, 6) is 0.0320. The van der Waals surface area contributed by atoms with Crippen LogP contribution in [0, 0.1) is 0 Å². The van der Waals surface area contributed by atoms with Crippen molar-refractivity contribution in [3.05, 3.63) is 18.2 Å². The van der Waals surface area contributed by atoms with E-state index >= 15 is 0 Å². The van der Waals surface area contributed by atoms with Gasteiger partial charge >= 0.3 is 0 Å². The maximum absolute atomic E-state index is 12.0. The number of rotatable bonds is 1. The van der Waals surface area contributed by atoms with E-state index in [1.165, 1.54) is 0 Å². The van der Waals surface area contributed by atoms with Crippen LogP contribution in [0.4, 0.5) is 0 Å². The Hall–Kier alpha value is -1.36. The van der Waals surface area contributed by atoms with Crippen LogP contribution in [0.2, 0.25) is 0 Å². The summed E-state index contributed by atoms with van der Waals surface area (Å²) < 4.78 is 1.79. The van der Waals surface area contributed by atoms with E-state index in [4.69, 9.17) is 0 Å². The number of imidazole rings is 1.